The first-order chi connectivity index (χ1) is 11.5. The van der Waals surface area contributed by atoms with Crippen LogP contribution in [0.2, 0.25) is 0 Å². The van der Waals surface area contributed by atoms with E-state index in [0.29, 0.717) is 22.9 Å². The second-order valence-corrected chi connectivity index (χ2v) is 5.46. The van der Waals surface area contributed by atoms with Crippen LogP contribution in [-0.2, 0) is 4.79 Å². The van der Waals surface area contributed by atoms with Gasteiger partial charge in [0.1, 0.15) is 0 Å². The minimum absolute atomic E-state index is 0.143. The van der Waals surface area contributed by atoms with E-state index in [9.17, 15) is 9.59 Å². The molecule has 1 heterocycles. The number of hydrogen-bond donors (Lipinski definition) is 3. The van der Waals surface area contributed by atoms with E-state index in [1.807, 2.05) is 6.92 Å². The van der Waals surface area contributed by atoms with Gasteiger partial charge in [-0.05, 0) is 37.6 Å². The molecule has 0 aliphatic rings. The van der Waals surface area contributed by atoms with Crippen molar-refractivity contribution in [1.29, 1.82) is 0 Å². The fraction of sp³-hybridized carbons (Fsp3) is 0.294. The molecule has 24 heavy (non-hydrogen) atoms. The second-order valence-electron chi connectivity index (χ2n) is 5.46. The van der Waals surface area contributed by atoms with Gasteiger partial charge in [0, 0.05) is 36.7 Å². The Morgan fingerprint density at radius 2 is 1.58 bits per heavy atom. The SMILES string of the molecule is CCC(C)Nc1ncc(C(=O)Nc2ccc(NC(C)=O)cc2)cn1. The van der Waals surface area contributed by atoms with Gasteiger partial charge in [0.05, 0.1) is 5.56 Å². The predicted octanol–water partition coefficient (Wildman–Crippen LogP) is 2.90. The lowest BCUT2D eigenvalue weighted by atomic mass is 10.2. The molecule has 7 nitrogen and oxygen atoms in total. The zero-order valence-corrected chi connectivity index (χ0v) is 14.0. The topological polar surface area (TPSA) is 96.0 Å². The number of nitrogens with one attached hydrogen (secondary N) is 3. The van der Waals surface area contributed by atoms with Gasteiger partial charge in [-0.1, -0.05) is 6.92 Å². The quantitative estimate of drug-likeness (QED) is 0.758. The molecule has 7 heteroatoms. The average Bonchev–Trinajstić information content (AvgIpc) is 2.56. The first-order valence-corrected chi connectivity index (χ1v) is 7.75. The van der Waals surface area contributed by atoms with Crippen LogP contribution in [0.15, 0.2) is 36.7 Å². The Kier molecular flexibility index (Phi) is 5.83. The molecule has 0 fully saturated rings. The van der Waals surface area contributed by atoms with Gasteiger partial charge in [-0.3, -0.25) is 9.59 Å². The van der Waals surface area contributed by atoms with Crippen molar-refractivity contribution in [2.75, 3.05) is 16.0 Å². The van der Waals surface area contributed by atoms with Crippen molar-refractivity contribution >= 4 is 29.1 Å². The van der Waals surface area contributed by atoms with Crippen molar-refractivity contribution in [3.63, 3.8) is 0 Å². The standard InChI is InChI=1S/C17H21N5O2/c1-4-11(2)20-17-18-9-13(10-19-17)16(24)22-15-7-5-14(6-8-15)21-12(3)23/h5-11H,4H2,1-3H3,(H,21,23)(H,22,24)(H,18,19,20). The van der Waals surface area contributed by atoms with E-state index in [0.717, 1.165) is 6.42 Å². The van der Waals surface area contributed by atoms with Gasteiger partial charge in [0.25, 0.3) is 5.91 Å². The highest BCUT2D eigenvalue weighted by molar-refractivity contribution is 6.04. The summed E-state index contributed by atoms with van der Waals surface area (Å²) in [4.78, 5) is 31.5. The van der Waals surface area contributed by atoms with Crippen molar-refractivity contribution in [3.05, 3.63) is 42.2 Å². The van der Waals surface area contributed by atoms with Crippen LogP contribution in [0, 0.1) is 0 Å². The molecule has 0 bridgehead atoms. The zero-order chi connectivity index (χ0) is 17.5. The third-order valence-corrected chi connectivity index (χ3v) is 3.37. The summed E-state index contributed by atoms with van der Waals surface area (Å²) in [5, 5.41) is 8.56. The molecule has 2 aromatic rings. The minimum Gasteiger partial charge on any atom is -0.352 e. The third-order valence-electron chi connectivity index (χ3n) is 3.37. The summed E-state index contributed by atoms with van der Waals surface area (Å²) >= 11 is 0. The molecule has 0 saturated carbocycles. The summed E-state index contributed by atoms with van der Waals surface area (Å²) in [6.07, 6.45) is 3.93. The van der Waals surface area contributed by atoms with Crippen LogP contribution in [0.1, 0.15) is 37.6 Å². The van der Waals surface area contributed by atoms with E-state index in [1.165, 1.54) is 19.3 Å². The molecule has 1 atom stereocenters. The maximum absolute atomic E-state index is 12.2. The molecule has 126 valence electrons. The summed E-state index contributed by atoms with van der Waals surface area (Å²) in [7, 11) is 0. The molecule has 0 saturated heterocycles. The Balaban J connectivity index is 1.97. The maximum Gasteiger partial charge on any atom is 0.258 e. The number of carbonyl (C=O) groups excluding carboxylic acids is 2. The van der Waals surface area contributed by atoms with Crippen molar-refractivity contribution in [3.8, 4) is 0 Å². The minimum atomic E-state index is -0.294. The van der Waals surface area contributed by atoms with Gasteiger partial charge < -0.3 is 16.0 Å². The highest BCUT2D eigenvalue weighted by atomic mass is 16.2. The van der Waals surface area contributed by atoms with E-state index in [4.69, 9.17) is 0 Å². The molecular weight excluding hydrogens is 306 g/mol. The van der Waals surface area contributed by atoms with Crippen molar-refractivity contribution in [1.82, 2.24) is 9.97 Å². The first-order valence-electron chi connectivity index (χ1n) is 7.75. The number of aromatic nitrogens is 2. The van der Waals surface area contributed by atoms with E-state index in [1.54, 1.807) is 24.3 Å². The van der Waals surface area contributed by atoms with Crippen LogP contribution < -0.4 is 16.0 Å². The highest BCUT2D eigenvalue weighted by Crippen LogP contribution is 2.14. The second kappa shape index (κ2) is 8.05. The van der Waals surface area contributed by atoms with E-state index in [2.05, 4.69) is 32.8 Å². The summed E-state index contributed by atoms with van der Waals surface area (Å²) in [5.41, 5.74) is 1.66. The number of nitrogens with zero attached hydrogens (tertiary/aromatic N) is 2. The van der Waals surface area contributed by atoms with Gasteiger partial charge >= 0.3 is 0 Å². The van der Waals surface area contributed by atoms with Crippen molar-refractivity contribution in [2.24, 2.45) is 0 Å². The van der Waals surface area contributed by atoms with E-state index < -0.39 is 0 Å². The monoisotopic (exact) mass is 327 g/mol. The van der Waals surface area contributed by atoms with Gasteiger partial charge in [-0.2, -0.15) is 0 Å². The fourth-order valence-corrected chi connectivity index (χ4v) is 1.89. The zero-order valence-electron chi connectivity index (χ0n) is 14.0. The summed E-state index contributed by atoms with van der Waals surface area (Å²) in [5.74, 6) is 0.0629. The Morgan fingerprint density at radius 3 is 2.08 bits per heavy atom. The van der Waals surface area contributed by atoms with E-state index in [-0.39, 0.29) is 17.9 Å². The number of carbonyl (C=O) groups is 2. The fourth-order valence-electron chi connectivity index (χ4n) is 1.89. The highest BCUT2D eigenvalue weighted by Gasteiger charge is 2.09. The smallest absolute Gasteiger partial charge is 0.258 e. The molecule has 0 aliphatic carbocycles. The average molecular weight is 327 g/mol. The molecule has 0 spiro atoms. The first kappa shape index (κ1) is 17.4. The van der Waals surface area contributed by atoms with Crippen molar-refractivity contribution < 1.29 is 9.59 Å². The van der Waals surface area contributed by atoms with Crippen LogP contribution in [0.4, 0.5) is 17.3 Å². The number of hydrogen-bond acceptors (Lipinski definition) is 5. The number of rotatable bonds is 6. The Labute approximate surface area is 140 Å². The number of benzene rings is 1. The number of amides is 2. The predicted molar refractivity (Wildman–Crippen MR) is 94.1 cm³/mol. The van der Waals surface area contributed by atoms with E-state index >= 15 is 0 Å². The van der Waals surface area contributed by atoms with Crippen LogP contribution in [0.25, 0.3) is 0 Å². The molecule has 3 N–H and O–H groups in total. The lowest BCUT2D eigenvalue weighted by Crippen LogP contribution is -2.17. The Morgan fingerprint density at radius 1 is 1.04 bits per heavy atom. The largest absolute Gasteiger partial charge is 0.352 e. The van der Waals surface area contributed by atoms with Gasteiger partial charge in [-0.15, -0.1) is 0 Å². The summed E-state index contributed by atoms with van der Waals surface area (Å²) in [6.45, 7) is 5.54. The van der Waals surface area contributed by atoms with Crippen molar-refractivity contribution in [2.45, 2.75) is 33.2 Å². The van der Waals surface area contributed by atoms with Gasteiger partial charge in [0.15, 0.2) is 0 Å². The Bertz CT molecular complexity index is 698. The normalized spacial score (nSPS) is 11.5. The third kappa shape index (κ3) is 5.05. The molecule has 1 unspecified atom stereocenters. The molecule has 1 aromatic carbocycles. The molecule has 2 rings (SSSR count). The number of anilines is 3. The molecule has 0 radical (unpaired) electrons. The lowest BCUT2D eigenvalue weighted by molar-refractivity contribution is -0.114. The van der Waals surface area contributed by atoms with Crippen LogP contribution in [0.3, 0.4) is 0 Å². The molecule has 1 aromatic heterocycles. The summed E-state index contributed by atoms with van der Waals surface area (Å²) < 4.78 is 0. The molecular formula is C17H21N5O2. The molecule has 2 amide bonds. The Hall–Kier alpha value is -2.96. The lowest BCUT2D eigenvalue weighted by Gasteiger charge is -2.11. The van der Waals surface area contributed by atoms with Crippen LogP contribution >= 0.6 is 0 Å². The van der Waals surface area contributed by atoms with Gasteiger partial charge in [0.2, 0.25) is 11.9 Å². The molecule has 0 aliphatic heterocycles. The van der Waals surface area contributed by atoms with Crippen LogP contribution in [0.5, 0.6) is 0 Å². The van der Waals surface area contributed by atoms with Crippen LogP contribution in [-0.4, -0.2) is 27.8 Å². The maximum atomic E-state index is 12.2. The summed E-state index contributed by atoms with van der Waals surface area (Å²) in [6, 6.07) is 7.12. The van der Waals surface area contributed by atoms with Gasteiger partial charge in [-0.25, -0.2) is 9.97 Å².